The summed E-state index contributed by atoms with van der Waals surface area (Å²) in [7, 11) is 0. The molecule has 0 spiro atoms. The van der Waals surface area contributed by atoms with E-state index in [4.69, 9.17) is 4.74 Å². The summed E-state index contributed by atoms with van der Waals surface area (Å²) < 4.78 is 5.37. The molecule has 5 nitrogen and oxygen atoms in total. The van der Waals surface area contributed by atoms with Crippen molar-refractivity contribution in [1.82, 2.24) is 5.32 Å². The molecule has 1 aromatic carbocycles. The van der Waals surface area contributed by atoms with Crippen LogP contribution in [-0.4, -0.2) is 18.4 Å². The molecule has 1 saturated carbocycles. The van der Waals surface area contributed by atoms with Gasteiger partial charge in [0.25, 0.3) is 5.91 Å². The lowest BCUT2D eigenvalue weighted by Gasteiger charge is -2.21. The Kier molecular flexibility index (Phi) is 4.08. The quantitative estimate of drug-likeness (QED) is 0.896. The zero-order valence-corrected chi connectivity index (χ0v) is 12.0. The van der Waals surface area contributed by atoms with Crippen LogP contribution in [0.4, 0.5) is 5.69 Å². The summed E-state index contributed by atoms with van der Waals surface area (Å²) in [6.07, 6.45) is 5.57. The van der Waals surface area contributed by atoms with Gasteiger partial charge in [0.15, 0.2) is 6.61 Å². The normalized spacial score (nSPS) is 18.4. The van der Waals surface area contributed by atoms with Gasteiger partial charge in [0, 0.05) is 12.5 Å². The minimum atomic E-state index is -0.138. The lowest BCUT2D eigenvalue weighted by molar-refractivity contribution is -0.126. The molecule has 0 aromatic heterocycles. The molecular formula is C16H20N2O3. The van der Waals surface area contributed by atoms with Gasteiger partial charge >= 0.3 is 0 Å². The van der Waals surface area contributed by atoms with Crippen LogP contribution in [-0.2, 0) is 16.1 Å². The first-order valence-corrected chi connectivity index (χ1v) is 7.55. The van der Waals surface area contributed by atoms with Crippen LogP contribution < -0.4 is 15.4 Å². The van der Waals surface area contributed by atoms with Crippen LogP contribution in [0.1, 0.15) is 37.7 Å². The second-order valence-electron chi connectivity index (χ2n) is 5.72. The van der Waals surface area contributed by atoms with Gasteiger partial charge in [-0.25, -0.2) is 0 Å². The highest BCUT2D eigenvalue weighted by Gasteiger charge is 2.21. The number of ether oxygens (including phenoxy) is 1. The molecule has 1 aromatic rings. The van der Waals surface area contributed by atoms with Crippen LogP contribution >= 0.6 is 0 Å². The first-order chi connectivity index (χ1) is 10.2. The largest absolute Gasteiger partial charge is 0.482 e. The summed E-state index contributed by atoms with van der Waals surface area (Å²) in [6.45, 7) is 0.546. The molecule has 1 aliphatic carbocycles. The topological polar surface area (TPSA) is 67.4 Å². The average molecular weight is 288 g/mol. The van der Waals surface area contributed by atoms with Crippen molar-refractivity contribution in [2.75, 3.05) is 11.9 Å². The van der Waals surface area contributed by atoms with Crippen molar-refractivity contribution in [2.24, 2.45) is 5.92 Å². The number of amides is 2. The number of nitrogens with one attached hydrogen (secondary N) is 2. The molecule has 0 bridgehead atoms. The third-order valence-corrected chi connectivity index (χ3v) is 4.12. The van der Waals surface area contributed by atoms with E-state index in [1.807, 2.05) is 18.2 Å². The van der Waals surface area contributed by atoms with Crippen LogP contribution in [0.5, 0.6) is 5.75 Å². The van der Waals surface area contributed by atoms with Crippen molar-refractivity contribution in [3.63, 3.8) is 0 Å². The molecular weight excluding hydrogens is 268 g/mol. The zero-order chi connectivity index (χ0) is 14.7. The number of anilines is 1. The van der Waals surface area contributed by atoms with Gasteiger partial charge in [-0.2, -0.15) is 0 Å². The zero-order valence-electron chi connectivity index (χ0n) is 12.0. The highest BCUT2D eigenvalue weighted by molar-refractivity contribution is 5.95. The van der Waals surface area contributed by atoms with Gasteiger partial charge in [0.2, 0.25) is 5.91 Å². The number of rotatable bonds is 3. The lowest BCUT2D eigenvalue weighted by Crippen LogP contribution is -2.31. The molecule has 2 N–H and O–H groups in total. The Hall–Kier alpha value is -2.04. The first-order valence-electron chi connectivity index (χ1n) is 7.55. The second kappa shape index (κ2) is 6.16. The van der Waals surface area contributed by atoms with Gasteiger partial charge in [-0.3, -0.25) is 9.59 Å². The molecule has 21 heavy (non-hydrogen) atoms. The van der Waals surface area contributed by atoms with Gasteiger partial charge in [-0.05, 0) is 30.5 Å². The summed E-state index contributed by atoms with van der Waals surface area (Å²) in [5.74, 6) is 0.855. The third kappa shape index (κ3) is 3.35. The second-order valence-corrected chi connectivity index (χ2v) is 5.72. The van der Waals surface area contributed by atoms with Gasteiger partial charge in [-0.1, -0.05) is 25.3 Å². The highest BCUT2D eigenvalue weighted by atomic mass is 16.5. The monoisotopic (exact) mass is 288 g/mol. The highest BCUT2D eigenvalue weighted by Crippen LogP contribution is 2.28. The average Bonchev–Trinajstić information content (AvgIpc) is 2.53. The summed E-state index contributed by atoms with van der Waals surface area (Å²) in [6, 6.07) is 5.58. The van der Waals surface area contributed by atoms with Gasteiger partial charge in [-0.15, -0.1) is 0 Å². The number of benzene rings is 1. The number of hydrogen-bond acceptors (Lipinski definition) is 3. The van der Waals surface area contributed by atoms with Crippen molar-refractivity contribution in [3.8, 4) is 5.75 Å². The molecule has 5 heteroatoms. The smallest absolute Gasteiger partial charge is 0.262 e. The van der Waals surface area contributed by atoms with E-state index in [2.05, 4.69) is 10.6 Å². The van der Waals surface area contributed by atoms with Gasteiger partial charge in [0.1, 0.15) is 5.75 Å². The van der Waals surface area contributed by atoms with E-state index >= 15 is 0 Å². The van der Waals surface area contributed by atoms with Crippen molar-refractivity contribution in [1.29, 1.82) is 0 Å². The SMILES string of the molecule is O=C1COc2cc(CNC(=O)C3CCCCC3)ccc2N1. The summed E-state index contributed by atoms with van der Waals surface area (Å²) in [5, 5.41) is 5.75. The Morgan fingerprint density at radius 3 is 2.90 bits per heavy atom. The van der Waals surface area contributed by atoms with Crippen molar-refractivity contribution < 1.29 is 14.3 Å². The van der Waals surface area contributed by atoms with E-state index in [1.54, 1.807) is 0 Å². The van der Waals surface area contributed by atoms with E-state index in [9.17, 15) is 9.59 Å². The van der Waals surface area contributed by atoms with E-state index in [0.717, 1.165) is 31.2 Å². The molecule has 2 aliphatic rings. The Morgan fingerprint density at radius 1 is 1.29 bits per heavy atom. The van der Waals surface area contributed by atoms with Crippen molar-refractivity contribution >= 4 is 17.5 Å². The standard InChI is InChI=1S/C16H20N2O3/c19-15-10-21-14-8-11(6-7-13(14)18-15)9-17-16(20)12-4-2-1-3-5-12/h6-8,12H,1-5,9-10H2,(H,17,20)(H,18,19). The predicted octanol–water partition coefficient (Wildman–Crippen LogP) is 2.21. The fourth-order valence-electron chi connectivity index (χ4n) is 2.93. The number of hydrogen-bond donors (Lipinski definition) is 2. The minimum Gasteiger partial charge on any atom is -0.482 e. The molecule has 1 fully saturated rings. The first kappa shape index (κ1) is 13.9. The van der Waals surface area contributed by atoms with Crippen LogP contribution in [0.3, 0.4) is 0 Å². The van der Waals surface area contributed by atoms with E-state index in [1.165, 1.54) is 6.42 Å². The van der Waals surface area contributed by atoms with E-state index in [0.29, 0.717) is 18.0 Å². The Labute approximate surface area is 124 Å². The van der Waals surface area contributed by atoms with E-state index < -0.39 is 0 Å². The number of fused-ring (bicyclic) bond motifs is 1. The molecule has 1 heterocycles. The number of carbonyl (C=O) groups is 2. The Bertz CT molecular complexity index is 550. The Balaban J connectivity index is 1.58. The predicted molar refractivity (Wildman–Crippen MR) is 79.0 cm³/mol. The van der Waals surface area contributed by atoms with Crippen LogP contribution in [0.2, 0.25) is 0 Å². The van der Waals surface area contributed by atoms with Crippen molar-refractivity contribution in [3.05, 3.63) is 23.8 Å². The molecule has 0 unspecified atom stereocenters. The molecule has 1 aliphatic heterocycles. The Morgan fingerprint density at radius 2 is 2.10 bits per heavy atom. The van der Waals surface area contributed by atoms with Crippen molar-refractivity contribution in [2.45, 2.75) is 38.6 Å². The maximum absolute atomic E-state index is 12.1. The van der Waals surface area contributed by atoms with Gasteiger partial charge in [0.05, 0.1) is 5.69 Å². The van der Waals surface area contributed by atoms with Crippen LogP contribution in [0, 0.1) is 5.92 Å². The third-order valence-electron chi connectivity index (χ3n) is 4.12. The molecule has 112 valence electrons. The van der Waals surface area contributed by atoms with E-state index in [-0.39, 0.29) is 24.3 Å². The molecule has 2 amide bonds. The van der Waals surface area contributed by atoms with Crippen LogP contribution in [0.15, 0.2) is 18.2 Å². The molecule has 0 atom stereocenters. The fraction of sp³-hybridized carbons (Fsp3) is 0.500. The van der Waals surface area contributed by atoms with Gasteiger partial charge < -0.3 is 15.4 Å². The summed E-state index contributed by atoms with van der Waals surface area (Å²) >= 11 is 0. The minimum absolute atomic E-state index is 0.0465. The lowest BCUT2D eigenvalue weighted by atomic mass is 9.88. The molecule has 0 radical (unpaired) electrons. The fourth-order valence-corrected chi connectivity index (χ4v) is 2.93. The molecule has 0 saturated heterocycles. The summed E-state index contributed by atoms with van der Waals surface area (Å²) in [5.41, 5.74) is 1.67. The summed E-state index contributed by atoms with van der Waals surface area (Å²) in [4.78, 5) is 23.3. The molecule has 3 rings (SSSR count). The maximum Gasteiger partial charge on any atom is 0.262 e. The maximum atomic E-state index is 12.1. The number of carbonyl (C=O) groups excluding carboxylic acids is 2. The van der Waals surface area contributed by atoms with Crippen LogP contribution in [0.25, 0.3) is 0 Å².